The van der Waals surface area contributed by atoms with Gasteiger partial charge in [-0.15, -0.1) is 0 Å². The van der Waals surface area contributed by atoms with Gasteiger partial charge in [-0.25, -0.2) is 9.67 Å². The highest BCUT2D eigenvalue weighted by Gasteiger charge is 2.08. The number of aromatic nitrogens is 3. The lowest BCUT2D eigenvalue weighted by Gasteiger charge is -2.15. The molecule has 1 N–H and O–H groups in total. The minimum absolute atomic E-state index is 0.621. The molecule has 0 fully saturated rings. The van der Waals surface area contributed by atoms with Crippen molar-refractivity contribution in [1.82, 2.24) is 20.1 Å². The van der Waals surface area contributed by atoms with Crippen molar-refractivity contribution in [3.63, 3.8) is 0 Å². The third-order valence-corrected chi connectivity index (χ3v) is 3.17. The first-order valence-electron chi connectivity index (χ1n) is 7.27. The van der Waals surface area contributed by atoms with E-state index in [2.05, 4.69) is 47.8 Å². The minimum atomic E-state index is 0.621. The van der Waals surface area contributed by atoms with Gasteiger partial charge in [-0.3, -0.25) is 0 Å². The van der Waals surface area contributed by atoms with Gasteiger partial charge >= 0.3 is 0 Å². The maximum Gasteiger partial charge on any atom is 0.138 e. The fraction of sp³-hybridized carbons (Fsp3) is 0.857. The monoisotopic (exact) mass is 252 g/mol. The zero-order valence-corrected chi connectivity index (χ0v) is 12.3. The van der Waals surface area contributed by atoms with E-state index in [4.69, 9.17) is 0 Å². The van der Waals surface area contributed by atoms with E-state index in [9.17, 15) is 0 Å². The van der Waals surface area contributed by atoms with Crippen molar-refractivity contribution in [1.29, 1.82) is 0 Å². The van der Waals surface area contributed by atoms with Crippen molar-refractivity contribution in [2.75, 3.05) is 6.54 Å². The number of nitrogens with one attached hydrogen (secondary N) is 1. The van der Waals surface area contributed by atoms with Crippen LogP contribution in [0.3, 0.4) is 0 Å². The standard InChI is InChI=1S/C14H28N4/c1-5-13(15-6-2)8-7-9-14-16-11-17-18(14)10-12(3)4/h11-13,15H,5-10H2,1-4H3. The molecule has 0 aliphatic carbocycles. The molecular weight excluding hydrogens is 224 g/mol. The lowest BCUT2D eigenvalue weighted by molar-refractivity contribution is 0.442. The van der Waals surface area contributed by atoms with E-state index < -0.39 is 0 Å². The maximum atomic E-state index is 4.37. The van der Waals surface area contributed by atoms with Gasteiger partial charge in [-0.05, 0) is 31.7 Å². The molecule has 0 spiro atoms. The SMILES string of the molecule is CCNC(CC)CCCc1ncnn1CC(C)C. The Morgan fingerprint density at radius 3 is 2.72 bits per heavy atom. The fourth-order valence-electron chi connectivity index (χ4n) is 2.23. The van der Waals surface area contributed by atoms with Crippen LogP contribution in [0.5, 0.6) is 0 Å². The first-order chi connectivity index (χ1) is 8.67. The summed E-state index contributed by atoms with van der Waals surface area (Å²) in [7, 11) is 0. The predicted molar refractivity (Wildman–Crippen MR) is 75.6 cm³/mol. The van der Waals surface area contributed by atoms with E-state index in [1.54, 1.807) is 6.33 Å². The third-order valence-electron chi connectivity index (χ3n) is 3.17. The summed E-state index contributed by atoms with van der Waals surface area (Å²) in [6.07, 6.45) is 6.32. The molecule has 0 radical (unpaired) electrons. The van der Waals surface area contributed by atoms with Gasteiger partial charge in [-0.2, -0.15) is 5.10 Å². The molecule has 4 heteroatoms. The second-order valence-electron chi connectivity index (χ2n) is 5.31. The summed E-state index contributed by atoms with van der Waals surface area (Å²) in [5.41, 5.74) is 0. The Balaban J connectivity index is 2.36. The van der Waals surface area contributed by atoms with Crippen molar-refractivity contribution in [3.8, 4) is 0 Å². The van der Waals surface area contributed by atoms with Crippen LogP contribution in [-0.2, 0) is 13.0 Å². The smallest absolute Gasteiger partial charge is 0.138 e. The lowest BCUT2D eigenvalue weighted by Crippen LogP contribution is -2.28. The van der Waals surface area contributed by atoms with Crippen LogP contribution in [-0.4, -0.2) is 27.4 Å². The van der Waals surface area contributed by atoms with Crippen LogP contribution in [0.15, 0.2) is 6.33 Å². The number of hydrogen-bond acceptors (Lipinski definition) is 3. The van der Waals surface area contributed by atoms with Crippen molar-refractivity contribution >= 4 is 0 Å². The van der Waals surface area contributed by atoms with Crippen LogP contribution in [0.4, 0.5) is 0 Å². The fourth-order valence-corrected chi connectivity index (χ4v) is 2.23. The van der Waals surface area contributed by atoms with E-state index in [1.807, 2.05) is 0 Å². The molecule has 18 heavy (non-hydrogen) atoms. The minimum Gasteiger partial charge on any atom is -0.314 e. The van der Waals surface area contributed by atoms with Gasteiger partial charge in [0, 0.05) is 19.0 Å². The average molecular weight is 252 g/mol. The summed E-state index contributed by atoms with van der Waals surface area (Å²) in [4.78, 5) is 4.37. The molecule has 0 saturated heterocycles. The van der Waals surface area contributed by atoms with Gasteiger partial charge in [0.1, 0.15) is 12.2 Å². The molecule has 1 atom stereocenters. The number of nitrogens with zero attached hydrogens (tertiary/aromatic N) is 3. The van der Waals surface area contributed by atoms with Gasteiger partial charge < -0.3 is 5.32 Å². The zero-order valence-electron chi connectivity index (χ0n) is 12.3. The van der Waals surface area contributed by atoms with Crippen LogP contribution in [0.25, 0.3) is 0 Å². The first-order valence-corrected chi connectivity index (χ1v) is 7.27. The molecule has 1 aromatic heterocycles. The normalized spacial score (nSPS) is 13.2. The lowest BCUT2D eigenvalue weighted by atomic mass is 10.1. The molecule has 1 heterocycles. The van der Waals surface area contributed by atoms with E-state index in [0.717, 1.165) is 25.3 Å². The number of rotatable bonds is 9. The van der Waals surface area contributed by atoms with Crippen LogP contribution >= 0.6 is 0 Å². The molecule has 1 aromatic rings. The summed E-state index contributed by atoms with van der Waals surface area (Å²) in [6, 6.07) is 0.650. The highest BCUT2D eigenvalue weighted by Crippen LogP contribution is 2.08. The number of hydrogen-bond donors (Lipinski definition) is 1. The van der Waals surface area contributed by atoms with Gasteiger partial charge in [-0.1, -0.05) is 27.7 Å². The summed E-state index contributed by atoms with van der Waals surface area (Å²) >= 11 is 0. The van der Waals surface area contributed by atoms with Crippen molar-refractivity contribution in [2.24, 2.45) is 5.92 Å². The highest BCUT2D eigenvalue weighted by atomic mass is 15.3. The molecule has 0 aliphatic rings. The molecule has 1 rings (SSSR count). The average Bonchev–Trinajstić information content (AvgIpc) is 2.74. The summed E-state index contributed by atoms with van der Waals surface area (Å²) in [5, 5.41) is 7.82. The molecule has 0 aromatic carbocycles. The Bertz CT molecular complexity index is 319. The van der Waals surface area contributed by atoms with E-state index in [0.29, 0.717) is 12.0 Å². The topological polar surface area (TPSA) is 42.7 Å². The quantitative estimate of drug-likeness (QED) is 0.734. The number of aryl methyl sites for hydroxylation is 1. The van der Waals surface area contributed by atoms with E-state index in [-0.39, 0.29) is 0 Å². The van der Waals surface area contributed by atoms with Crippen LogP contribution in [0.1, 0.15) is 52.8 Å². The van der Waals surface area contributed by atoms with E-state index >= 15 is 0 Å². The van der Waals surface area contributed by atoms with Crippen molar-refractivity contribution in [2.45, 2.75) is 66.0 Å². The summed E-state index contributed by atoms with van der Waals surface area (Å²) in [6.45, 7) is 10.9. The molecule has 1 unspecified atom stereocenters. The molecule has 104 valence electrons. The molecule has 0 bridgehead atoms. The Hall–Kier alpha value is -0.900. The summed E-state index contributed by atoms with van der Waals surface area (Å²) in [5.74, 6) is 1.76. The first kappa shape index (κ1) is 15.2. The maximum absolute atomic E-state index is 4.37. The predicted octanol–water partition coefficient (Wildman–Crippen LogP) is 2.64. The zero-order chi connectivity index (χ0) is 13.4. The summed E-state index contributed by atoms with van der Waals surface area (Å²) < 4.78 is 2.05. The second kappa shape index (κ2) is 8.25. The van der Waals surface area contributed by atoms with Gasteiger partial charge in [0.15, 0.2) is 0 Å². The Morgan fingerprint density at radius 2 is 2.11 bits per heavy atom. The van der Waals surface area contributed by atoms with Crippen molar-refractivity contribution in [3.05, 3.63) is 12.2 Å². The van der Waals surface area contributed by atoms with Crippen LogP contribution in [0.2, 0.25) is 0 Å². The molecule has 0 amide bonds. The van der Waals surface area contributed by atoms with Gasteiger partial charge in [0.25, 0.3) is 0 Å². The Labute approximate surface area is 111 Å². The van der Waals surface area contributed by atoms with Crippen molar-refractivity contribution < 1.29 is 0 Å². The third kappa shape index (κ3) is 5.17. The Kier molecular flexibility index (Phi) is 6.94. The largest absolute Gasteiger partial charge is 0.314 e. The highest BCUT2D eigenvalue weighted by molar-refractivity contribution is 4.85. The van der Waals surface area contributed by atoms with Gasteiger partial charge in [0.2, 0.25) is 0 Å². The molecule has 0 aliphatic heterocycles. The second-order valence-corrected chi connectivity index (χ2v) is 5.31. The molecule has 4 nitrogen and oxygen atoms in total. The van der Waals surface area contributed by atoms with Crippen LogP contribution in [0, 0.1) is 5.92 Å². The van der Waals surface area contributed by atoms with Crippen LogP contribution < -0.4 is 5.32 Å². The molecular formula is C14H28N4. The van der Waals surface area contributed by atoms with E-state index in [1.165, 1.54) is 19.3 Å². The van der Waals surface area contributed by atoms with Gasteiger partial charge in [0.05, 0.1) is 0 Å². The molecule has 0 saturated carbocycles. The Morgan fingerprint density at radius 1 is 1.33 bits per heavy atom.